The predicted molar refractivity (Wildman–Crippen MR) is 56.4 cm³/mol. The van der Waals surface area contributed by atoms with Gasteiger partial charge in [-0.25, -0.2) is 0 Å². The second-order valence-electron chi connectivity index (χ2n) is 4.42. The zero-order valence-electron chi connectivity index (χ0n) is 8.00. The lowest BCUT2D eigenvalue weighted by Gasteiger charge is -2.27. The number of ether oxygens (including phenoxy) is 1. The van der Waals surface area contributed by atoms with Crippen molar-refractivity contribution in [1.82, 2.24) is 0 Å². The summed E-state index contributed by atoms with van der Waals surface area (Å²) >= 11 is 6.00. The monoisotopic (exact) mass is 208 g/mol. The molecule has 1 heterocycles. The minimum absolute atomic E-state index is 0.00949. The van der Waals surface area contributed by atoms with Gasteiger partial charge in [0, 0.05) is 5.02 Å². The molecule has 2 fully saturated rings. The molecule has 74 valence electrons. The van der Waals surface area contributed by atoms with Crippen molar-refractivity contribution in [3.63, 3.8) is 0 Å². The Bertz CT molecular complexity index is 353. The van der Waals surface area contributed by atoms with Gasteiger partial charge in [-0.1, -0.05) is 23.7 Å². The van der Waals surface area contributed by atoms with Crippen LogP contribution in [0.15, 0.2) is 24.3 Å². The van der Waals surface area contributed by atoms with Crippen LogP contribution in [0.25, 0.3) is 0 Å². The molecule has 1 aromatic carbocycles. The molecule has 1 nitrogen and oxygen atoms in total. The highest BCUT2D eigenvalue weighted by Gasteiger charge is 2.47. The lowest BCUT2D eigenvalue weighted by molar-refractivity contribution is -0.0208. The van der Waals surface area contributed by atoms with Crippen LogP contribution in [-0.2, 0) is 10.3 Å². The summed E-state index contributed by atoms with van der Waals surface area (Å²) in [7, 11) is 0. The number of hydrogen-bond acceptors (Lipinski definition) is 1. The van der Waals surface area contributed by atoms with E-state index in [2.05, 4.69) is 12.1 Å². The molecule has 0 amide bonds. The normalized spacial score (nSPS) is 35.1. The van der Waals surface area contributed by atoms with Gasteiger partial charge < -0.3 is 4.74 Å². The Balaban J connectivity index is 2.02. The minimum Gasteiger partial charge on any atom is -0.370 e. The smallest absolute Gasteiger partial charge is 0.0935 e. The summed E-state index contributed by atoms with van der Waals surface area (Å²) in [5.74, 6) is 0.786. The van der Waals surface area contributed by atoms with E-state index in [9.17, 15) is 0 Å². The summed E-state index contributed by atoms with van der Waals surface area (Å²) < 4.78 is 5.92. The Morgan fingerprint density at radius 2 is 2.36 bits per heavy atom. The second kappa shape index (κ2) is 2.98. The van der Waals surface area contributed by atoms with Crippen molar-refractivity contribution in [2.24, 2.45) is 5.92 Å². The quantitative estimate of drug-likeness (QED) is 0.688. The van der Waals surface area contributed by atoms with E-state index in [1.165, 1.54) is 18.4 Å². The van der Waals surface area contributed by atoms with Gasteiger partial charge in [-0.3, -0.25) is 0 Å². The summed E-state index contributed by atoms with van der Waals surface area (Å²) in [5, 5.41) is 0.816. The maximum atomic E-state index is 6.00. The molecule has 1 aliphatic heterocycles. The summed E-state index contributed by atoms with van der Waals surface area (Å²) in [6, 6.07) is 8.12. The van der Waals surface area contributed by atoms with Crippen LogP contribution in [0.4, 0.5) is 0 Å². The molecular formula is C12H13ClO. The first-order valence-corrected chi connectivity index (χ1v) is 5.56. The SMILES string of the molecule is Clc1cccc(C23CCC(CO2)C3)c1. The Morgan fingerprint density at radius 1 is 1.43 bits per heavy atom. The first-order valence-electron chi connectivity index (χ1n) is 5.19. The van der Waals surface area contributed by atoms with Gasteiger partial charge in [-0.2, -0.15) is 0 Å². The lowest BCUT2D eigenvalue weighted by Crippen LogP contribution is -2.23. The van der Waals surface area contributed by atoms with E-state index in [4.69, 9.17) is 16.3 Å². The molecule has 2 bridgehead atoms. The molecule has 0 aromatic heterocycles. The summed E-state index contributed by atoms with van der Waals surface area (Å²) in [6.45, 7) is 0.937. The third-order valence-corrected chi connectivity index (χ3v) is 3.76. The molecule has 0 N–H and O–H groups in total. The summed E-state index contributed by atoms with van der Waals surface area (Å²) in [4.78, 5) is 0. The van der Waals surface area contributed by atoms with Gasteiger partial charge in [-0.15, -0.1) is 0 Å². The summed E-state index contributed by atoms with van der Waals surface area (Å²) in [5.41, 5.74) is 1.28. The van der Waals surface area contributed by atoms with Crippen molar-refractivity contribution in [3.05, 3.63) is 34.9 Å². The number of rotatable bonds is 1. The van der Waals surface area contributed by atoms with E-state index in [1.54, 1.807) is 0 Å². The van der Waals surface area contributed by atoms with E-state index in [-0.39, 0.29) is 5.60 Å². The standard InChI is InChI=1S/C12H13ClO/c13-11-3-1-2-10(6-11)12-5-4-9(7-12)8-14-12/h1-3,6,9H,4-5,7-8H2. The van der Waals surface area contributed by atoms with Crippen LogP contribution >= 0.6 is 11.6 Å². The van der Waals surface area contributed by atoms with Crippen LogP contribution in [0.5, 0.6) is 0 Å². The van der Waals surface area contributed by atoms with Gasteiger partial charge in [0.25, 0.3) is 0 Å². The molecule has 1 saturated carbocycles. The molecule has 1 aromatic rings. The maximum absolute atomic E-state index is 6.00. The average molecular weight is 209 g/mol. The maximum Gasteiger partial charge on any atom is 0.0935 e. The van der Waals surface area contributed by atoms with Crippen molar-refractivity contribution in [1.29, 1.82) is 0 Å². The fourth-order valence-electron chi connectivity index (χ4n) is 2.78. The first kappa shape index (κ1) is 8.75. The molecular weight excluding hydrogens is 196 g/mol. The van der Waals surface area contributed by atoms with E-state index in [0.29, 0.717) is 0 Å². The van der Waals surface area contributed by atoms with E-state index < -0.39 is 0 Å². The molecule has 0 radical (unpaired) electrons. The van der Waals surface area contributed by atoms with Gasteiger partial charge in [0.05, 0.1) is 12.2 Å². The van der Waals surface area contributed by atoms with Crippen LogP contribution in [0.3, 0.4) is 0 Å². The molecule has 14 heavy (non-hydrogen) atoms. The van der Waals surface area contributed by atoms with Crippen molar-refractivity contribution in [2.45, 2.75) is 24.9 Å². The van der Waals surface area contributed by atoms with E-state index >= 15 is 0 Å². The summed E-state index contributed by atoms with van der Waals surface area (Å²) in [6.07, 6.45) is 3.66. The number of halogens is 1. The van der Waals surface area contributed by atoms with Crippen LogP contribution in [-0.4, -0.2) is 6.61 Å². The fraction of sp³-hybridized carbons (Fsp3) is 0.500. The number of benzene rings is 1. The highest BCUT2D eigenvalue weighted by Crippen LogP contribution is 2.51. The topological polar surface area (TPSA) is 9.23 Å². The van der Waals surface area contributed by atoms with Gasteiger partial charge in [0.15, 0.2) is 0 Å². The van der Waals surface area contributed by atoms with Crippen LogP contribution in [0.1, 0.15) is 24.8 Å². The van der Waals surface area contributed by atoms with Gasteiger partial charge in [0.1, 0.15) is 0 Å². The van der Waals surface area contributed by atoms with Gasteiger partial charge in [0.2, 0.25) is 0 Å². The largest absolute Gasteiger partial charge is 0.370 e. The Hall–Kier alpha value is -0.530. The molecule has 1 saturated heterocycles. The van der Waals surface area contributed by atoms with Crippen molar-refractivity contribution >= 4 is 11.6 Å². The van der Waals surface area contributed by atoms with E-state index in [1.807, 2.05) is 12.1 Å². The van der Waals surface area contributed by atoms with Crippen molar-refractivity contribution in [2.75, 3.05) is 6.61 Å². The fourth-order valence-corrected chi connectivity index (χ4v) is 2.97. The molecule has 3 rings (SSSR count). The second-order valence-corrected chi connectivity index (χ2v) is 4.86. The first-order chi connectivity index (χ1) is 6.78. The van der Waals surface area contributed by atoms with Gasteiger partial charge >= 0.3 is 0 Å². The Labute approximate surface area is 89.0 Å². The third kappa shape index (κ3) is 1.19. The van der Waals surface area contributed by atoms with Crippen molar-refractivity contribution < 1.29 is 4.74 Å². The minimum atomic E-state index is 0.00949. The highest BCUT2D eigenvalue weighted by atomic mass is 35.5. The zero-order valence-corrected chi connectivity index (χ0v) is 8.76. The molecule has 2 aliphatic rings. The van der Waals surface area contributed by atoms with Crippen molar-refractivity contribution in [3.8, 4) is 0 Å². The Kier molecular flexibility index (Phi) is 1.86. The van der Waals surface area contributed by atoms with Crippen LogP contribution in [0, 0.1) is 5.92 Å². The molecule has 1 aliphatic carbocycles. The number of hydrogen-bond donors (Lipinski definition) is 0. The third-order valence-electron chi connectivity index (χ3n) is 3.52. The van der Waals surface area contributed by atoms with Crippen LogP contribution in [0.2, 0.25) is 5.02 Å². The predicted octanol–water partition coefficient (Wildman–Crippen LogP) is 3.37. The molecule has 2 atom stereocenters. The molecule has 2 heteroatoms. The Morgan fingerprint density at radius 3 is 2.93 bits per heavy atom. The molecule has 2 unspecified atom stereocenters. The number of fused-ring (bicyclic) bond motifs is 2. The lowest BCUT2D eigenvalue weighted by atomic mass is 9.92. The average Bonchev–Trinajstić information content (AvgIpc) is 2.78. The van der Waals surface area contributed by atoms with E-state index in [0.717, 1.165) is 24.0 Å². The zero-order chi connectivity index (χ0) is 9.60. The molecule has 0 spiro atoms. The van der Waals surface area contributed by atoms with Gasteiger partial charge in [-0.05, 0) is 42.9 Å². The highest BCUT2D eigenvalue weighted by molar-refractivity contribution is 6.30. The van der Waals surface area contributed by atoms with Crippen LogP contribution < -0.4 is 0 Å².